The van der Waals surface area contributed by atoms with E-state index in [2.05, 4.69) is 50.8 Å². The van der Waals surface area contributed by atoms with Gasteiger partial charge in [-0.1, -0.05) is 12.2 Å². The minimum Gasteiger partial charge on any atom is -0.385 e. The molecule has 0 spiro atoms. The molecule has 3 heterocycles. The fourth-order valence-electron chi connectivity index (χ4n) is 6.37. The number of aromatic nitrogens is 2. The molecule has 1 atom stereocenters. The summed E-state index contributed by atoms with van der Waals surface area (Å²) in [5, 5.41) is 13.9. The van der Waals surface area contributed by atoms with E-state index in [1.54, 1.807) is 0 Å². The van der Waals surface area contributed by atoms with Gasteiger partial charge in [-0.15, -0.1) is 0 Å². The molecule has 0 saturated carbocycles. The number of aromatic amines is 1. The zero-order valence-electron chi connectivity index (χ0n) is 25.4. The molecule has 3 aliphatic rings. The Labute approximate surface area is 261 Å². The second-order valence-corrected chi connectivity index (χ2v) is 14.1. The number of amides is 1. The second kappa shape index (κ2) is 13.0. The van der Waals surface area contributed by atoms with Crippen LogP contribution >= 0.6 is 0 Å². The summed E-state index contributed by atoms with van der Waals surface area (Å²) < 4.78 is 59.7. The number of halogens is 2. The summed E-state index contributed by atoms with van der Waals surface area (Å²) >= 11 is 0. The van der Waals surface area contributed by atoms with Crippen LogP contribution in [0.5, 0.6) is 0 Å². The fraction of sp³-hybridized carbons (Fsp3) is 0.438. The van der Waals surface area contributed by atoms with Gasteiger partial charge in [-0.25, -0.2) is 17.2 Å². The molecule has 1 aromatic heterocycles. The summed E-state index contributed by atoms with van der Waals surface area (Å²) in [5.41, 5.74) is 1.85. The standard InChI is InChI=1S/C32H38F2N6O4S/c1-39(2)23-7-11-40(12-8-23)24-3-5-27(30(18-24)35-22-9-13-44-14-10-22)32(41)36-31-28-19-25(4-6-29(28)37-38-31)45(42,43)26-16-20(33)15-21(34)17-26/h3-6,15-17,19,22-24,35H,7-14,18H2,1-2H3,(H2,36,37,38,41). The molecule has 240 valence electrons. The average Bonchev–Trinajstić information content (AvgIpc) is 3.43. The van der Waals surface area contributed by atoms with E-state index in [0.29, 0.717) is 48.2 Å². The number of likely N-dealkylation sites (tertiary alicyclic amines) is 1. The smallest absolute Gasteiger partial charge is 0.258 e. The maximum Gasteiger partial charge on any atom is 0.258 e. The van der Waals surface area contributed by atoms with Gasteiger partial charge in [0, 0.05) is 68.0 Å². The molecule has 2 saturated heterocycles. The Morgan fingerprint density at radius 2 is 1.73 bits per heavy atom. The third kappa shape index (κ3) is 6.81. The van der Waals surface area contributed by atoms with Crippen molar-refractivity contribution < 1.29 is 26.7 Å². The van der Waals surface area contributed by atoms with E-state index >= 15 is 0 Å². The number of benzene rings is 2. The molecule has 1 aliphatic carbocycles. The van der Waals surface area contributed by atoms with Gasteiger partial charge in [0.05, 0.1) is 20.9 Å². The third-order valence-corrected chi connectivity index (χ3v) is 10.7. The molecule has 10 nitrogen and oxygen atoms in total. The number of hydrogen-bond acceptors (Lipinski definition) is 8. The van der Waals surface area contributed by atoms with Crippen molar-refractivity contribution >= 4 is 32.5 Å². The number of nitrogens with one attached hydrogen (secondary N) is 3. The molecule has 0 bridgehead atoms. The molecule has 3 N–H and O–H groups in total. The number of fused-ring (bicyclic) bond motifs is 1. The summed E-state index contributed by atoms with van der Waals surface area (Å²) in [5.74, 6) is -2.22. The van der Waals surface area contributed by atoms with Crippen LogP contribution in [0.1, 0.15) is 32.1 Å². The topological polar surface area (TPSA) is 120 Å². The van der Waals surface area contributed by atoms with Crippen LogP contribution in [0, 0.1) is 11.6 Å². The first-order valence-electron chi connectivity index (χ1n) is 15.3. The highest BCUT2D eigenvalue weighted by Crippen LogP contribution is 2.30. The Morgan fingerprint density at radius 3 is 2.42 bits per heavy atom. The lowest BCUT2D eigenvalue weighted by Gasteiger charge is -2.40. The molecular weight excluding hydrogens is 602 g/mol. The first-order chi connectivity index (χ1) is 21.6. The molecule has 1 unspecified atom stereocenters. The Bertz CT molecular complexity index is 1720. The number of ether oxygens (including phenoxy) is 1. The van der Waals surface area contributed by atoms with Gasteiger partial charge in [-0.3, -0.25) is 14.8 Å². The zero-order chi connectivity index (χ0) is 31.7. The number of nitrogens with zero attached hydrogens (tertiary/aromatic N) is 3. The van der Waals surface area contributed by atoms with Crippen molar-refractivity contribution in [2.45, 2.75) is 60.0 Å². The first-order valence-corrected chi connectivity index (χ1v) is 16.7. The predicted molar refractivity (Wildman–Crippen MR) is 166 cm³/mol. The molecule has 2 aliphatic heterocycles. The Morgan fingerprint density at radius 1 is 1.02 bits per heavy atom. The van der Waals surface area contributed by atoms with Crippen LogP contribution in [0.15, 0.2) is 69.6 Å². The average molecular weight is 641 g/mol. The first kappa shape index (κ1) is 31.3. The van der Waals surface area contributed by atoms with E-state index in [1.165, 1.54) is 18.2 Å². The molecule has 45 heavy (non-hydrogen) atoms. The Kier molecular flexibility index (Phi) is 9.05. The number of carbonyl (C=O) groups excluding carboxylic acids is 1. The molecule has 3 aromatic rings. The molecule has 6 rings (SSSR count). The van der Waals surface area contributed by atoms with Gasteiger partial charge in [0.25, 0.3) is 5.91 Å². The third-order valence-electron chi connectivity index (χ3n) is 8.99. The summed E-state index contributed by atoms with van der Waals surface area (Å²) in [7, 11) is -0.00545. The lowest BCUT2D eigenvalue weighted by molar-refractivity contribution is -0.112. The molecule has 2 fully saturated rings. The van der Waals surface area contributed by atoms with E-state index in [0.717, 1.165) is 56.6 Å². The van der Waals surface area contributed by atoms with Crippen molar-refractivity contribution in [2.24, 2.45) is 0 Å². The normalized spacial score (nSPS) is 20.7. The number of carbonyl (C=O) groups is 1. The Hall–Kier alpha value is -3.65. The highest BCUT2D eigenvalue weighted by atomic mass is 32.2. The SMILES string of the molecule is CN(C)C1CCN(C2C=CC(C(=O)Nc3n[nH]c4ccc(S(=O)(=O)c5cc(F)cc(F)c5)cc34)=C(NC3CCOCC3)C2)CC1. The van der Waals surface area contributed by atoms with Crippen molar-refractivity contribution in [2.75, 3.05) is 45.7 Å². The highest BCUT2D eigenvalue weighted by Gasteiger charge is 2.30. The predicted octanol–water partition coefficient (Wildman–Crippen LogP) is 3.99. The molecule has 2 aromatic carbocycles. The summed E-state index contributed by atoms with van der Waals surface area (Å²) in [6.45, 7) is 3.29. The van der Waals surface area contributed by atoms with Crippen LogP contribution in [-0.4, -0.2) is 92.8 Å². The minimum absolute atomic E-state index is 0.150. The lowest BCUT2D eigenvalue weighted by Crippen LogP contribution is -2.47. The lowest BCUT2D eigenvalue weighted by atomic mass is 9.93. The molecule has 0 radical (unpaired) electrons. The second-order valence-electron chi connectivity index (χ2n) is 12.1. The van der Waals surface area contributed by atoms with E-state index in [-0.39, 0.29) is 28.7 Å². The quantitative estimate of drug-likeness (QED) is 0.338. The largest absolute Gasteiger partial charge is 0.385 e. The monoisotopic (exact) mass is 640 g/mol. The van der Waals surface area contributed by atoms with Crippen LogP contribution in [0.2, 0.25) is 0 Å². The van der Waals surface area contributed by atoms with Gasteiger partial charge in [0.2, 0.25) is 9.84 Å². The van der Waals surface area contributed by atoms with Crippen molar-refractivity contribution in [3.63, 3.8) is 0 Å². The van der Waals surface area contributed by atoms with Crippen LogP contribution in [-0.2, 0) is 19.4 Å². The van der Waals surface area contributed by atoms with E-state index in [1.807, 2.05) is 6.08 Å². The van der Waals surface area contributed by atoms with Gasteiger partial charge in [-0.2, -0.15) is 5.10 Å². The van der Waals surface area contributed by atoms with E-state index < -0.39 is 26.4 Å². The maximum atomic E-state index is 13.8. The van der Waals surface area contributed by atoms with Gasteiger partial charge in [0.1, 0.15) is 11.6 Å². The molecular formula is C32H38F2N6O4S. The molecule has 1 amide bonds. The Balaban J connectivity index is 1.25. The molecule has 13 heteroatoms. The van der Waals surface area contributed by atoms with E-state index in [9.17, 15) is 22.0 Å². The number of anilines is 1. The summed E-state index contributed by atoms with van der Waals surface area (Å²) in [6.07, 6.45) is 8.49. The van der Waals surface area contributed by atoms with Crippen molar-refractivity contribution in [1.29, 1.82) is 0 Å². The van der Waals surface area contributed by atoms with Gasteiger partial charge in [-0.05, 0) is 70.1 Å². The summed E-state index contributed by atoms with van der Waals surface area (Å²) in [4.78, 5) is 17.9. The number of hydrogen-bond donors (Lipinski definition) is 3. The van der Waals surface area contributed by atoms with Crippen LogP contribution < -0.4 is 10.6 Å². The number of H-pyrrole nitrogens is 1. The van der Waals surface area contributed by atoms with Crippen LogP contribution in [0.3, 0.4) is 0 Å². The number of sulfone groups is 1. The zero-order valence-corrected chi connectivity index (χ0v) is 26.2. The minimum atomic E-state index is -4.25. The summed E-state index contributed by atoms with van der Waals surface area (Å²) in [6, 6.07) is 7.25. The van der Waals surface area contributed by atoms with Gasteiger partial charge >= 0.3 is 0 Å². The number of piperidine rings is 1. The highest BCUT2D eigenvalue weighted by molar-refractivity contribution is 7.91. The van der Waals surface area contributed by atoms with Crippen molar-refractivity contribution in [3.8, 4) is 0 Å². The van der Waals surface area contributed by atoms with E-state index in [4.69, 9.17) is 4.74 Å². The van der Waals surface area contributed by atoms with Gasteiger partial charge < -0.3 is 20.3 Å². The fourth-order valence-corrected chi connectivity index (χ4v) is 7.70. The van der Waals surface area contributed by atoms with Crippen LogP contribution in [0.4, 0.5) is 14.6 Å². The van der Waals surface area contributed by atoms with Crippen molar-refractivity contribution in [3.05, 3.63) is 71.5 Å². The van der Waals surface area contributed by atoms with Crippen LogP contribution in [0.25, 0.3) is 10.9 Å². The van der Waals surface area contributed by atoms with Gasteiger partial charge in [0.15, 0.2) is 5.82 Å². The van der Waals surface area contributed by atoms with Crippen molar-refractivity contribution in [1.82, 2.24) is 25.3 Å². The maximum absolute atomic E-state index is 13.8. The number of rotatable bonds is 8.